The van der Waals surface area contributed by atoms with Gasteiger partial charge >= 0.3 is 30.2 Å². The molecule has 4 rings (SSSR count). The third-order valence-electron chi connectivity index (χ3n) is 8.24. The summed E-state index contributed by atoms with van der Waals surface area (Å²) in [5.41, 5.74) is -3.88. The minimum Gasteiger partial charge on any atom is -0.487 e. The van der Waals surface area contributed by atoms with E-state index in [-0.39, 0.29) is 48.2 Å². The van der Waals surface area contributed by atoms with E-state index in [1.807, 2.05) is 0 Å². The number of carbonyl (C=O) groups excluding carboxylic acids is 4. The average Bonchev–Trinajstić information content (AvgIpc) is 3.37. The lowest BCUT2D eigenvalue weighted by atomic mass is 10.0. The summed E-state index contributed by atoms with van der Waals surface area (Å²) in [6, 6.07) is 8.56. The maximum atomic E-state index is 17.2. The fourth-order valence-electron chi connectivity index (χ4n) is 5.91. The number of benzene rings is 2. The van der Waals surface area contributed by atoms with Gasteiger partial charge in [0, 0.05) is 37.1 Å². The van der Waals surface area contributed by atoms with Crippen molar-refractivity contribution >= 4 is 35.4 Å². The molecule has 55 heavy (non-hydrogen) atoms. The van der Waals surface area contributed by atoms with Crippen molar-refractivity contribution in [2.45, 2.75) is 111 Å². The summed E-state index contributed by atoms with van der Waals surface area (Å²) < 4.78 is 87.7. The van der Waals surface area contributed by atoms with E-state index in [1.165, 1.54) is 25.7 Å². The molecule has 1 fully saturated rings. The summed E-state index contributed by atoms with van der Waals surface area (Å²) in [4.78, 5) is 56.0. The minimum absolute atomic E-state index is 0.0527. The maximum Gasteiger partial charge on any atom is 0.471 e. The molecule has 0 spiro atoms. The molecule has 2 aromatic carbocycles. The second-order valence-corrected chi connectivity index (χ2v) is 16.6. The number of alkyl halides is 3. The van der Waals surface area contributed by atoms with E-state index in [1.54, 1.807) is 71.9 Å². The number of anilines is 2. The number of nitrogens with zero attached hydrogens (tertiary/aromatic N) is 3. The van der Waals surface area contributed by atoms with E-state index in [0.717, 1.165) is 11.0 Å². The predicted molar refractivity (Wildman–Crippen MR) is 194 cm³/mol. The second kappa shape index (κ2) is 16.6. The van der Waals surface area contributed by atoms with E-state index < -0.39 is 76.9 Å². The van der Waals surface area contributed by atoms with Crippen molar-refractivity contribution in [2.24, 2.45) is 5.92 Å². The molecule has 0 aromatic heterocycles. The largest absolute Gasteiger partial charge is 0.487 e. The molecule has 1 atom stereocenters. The molecule has 1 saturated heterocycles. The van der Waals surface area contributed by atoms with Gasteiger partial charge in [-0.15, -0.1) is 0 Å². The lowest BCUT2D eigenvalue weighted by molar-refractivity contribution is -0.171. The van der Waals surface area contributed by atoms with Crippen molar-refractivity contribution in [1.29, 1.82) is 0 Å². The van der Waals surface area contributed by atoms with Crippen molar-refractivity contribution in [2.75, 3.05) is 42.6 Å². The molecular weight excluding hydrogens is 730 g/mol. The van der Waals surface area contributed by atoms with Gasteiger partial charge in [-0.2, -0.15) is 13.2 Å². The number of ether oxygens (including phenoxy) is 5. The van der Waals surface area contributed by atoms with E-state index in [9.17, 15) is 32.3 Å². The Labute approximate surface area is 318 Å². The van der Waals surface area contributed by atoms with Gasteiger partial charge in [-0.3, -0.25) is 19.4 Å². The number of esters is 1. The third kappa shape index (κ3) is 11.9. The van der Waals surface area contributed by atoms with E-state index in [0.29, 0.717) is 25.2 Å². The van der Waals surface area contributed by atoms with E-state index in [2.05, 4.69) is 0 Å². The van der Waals surface area contributed by atoms with Crippen LogP contribution in [0.2, 0.25) is 0 Å². The molecule has 304 valence electrons. The quantitative estimate of drug-likeness (QED) is 0.129. The van der Waals surface area contributed by atoms with Gasteiger partial charge in [0.15, 0.2) is 5.82 Å². The molecule has 0 unspecified atom stereocenters. The number of hydrogen-bond donors (Lipinski definition) is 0. The van der Waals surface area contributed by atoms with Crippen LogP contribution in [0.25, 0.3) is 0 Å². The van der Waals surface area contributed by atoms with Gasteiger partial charge in [0.25, 0.3) is 0 Å². The summed E-state index contributed by atoms with van der Waals surface area (Å²) in [7, 11) is 0. The normalized spacial score (nSPS) is 16.2. The third-order valence-corrected chi connectivity index (χ3v) is 8.24. The van der Waals surface area contributed by atoms with Crippen LogP contribution in [0.3, 0.4) is 0 Å². The van der Waals surface area contributed by atoms with Crippen LogP contribution < -0.4 is 14.5 Å². The number of hydrogen-bond acceptors (Lipinski definition) is 9. The van der Waals surface area contributed by atoms with E-state index in [4.69, 9.17) is 23.7 Å². The summed E-state index contributed by atoms with van der Waals surface area (Å²) in [5, 5.41) is 0. The van der Waals surface area contributed by atoms with Crippen LogP contribution in [0.5, 0.6) is 5.75 Å². The topological polar surface area (TPSA) is 124 Å². The van der Waals surface area contributed by atoms with Crippen LogP contribution in [0.1, 0.15) is 79.9 Å². The molecule has 16 heteroatoms. The SMILES string of the molecule is CC(C)(C)OC(=O)CN(C(=O)C(F)(F)F)c1c(OCc2ccccc2)cc2c(c1F)C[C@H](CN(CCC1COC1)C(=O)OC(C)(C)C)N2C(=O)OC(C)(C)C. The van der Waals surface area contributed by atoms with Gasteiger partial charge in [0.05, 0.1) is 24.9 Å². The van der Waals surface area contributed by atoms with Crippen LogP contribution in [0, 0.1) is 11.7 Å². The molecule has 0 bridgehead atoms. The van der Waals surface area contributed by atoms with Gasteiger partial charge in [0.2, 0.25) is 0 Å². The molecule has 2 heterocycles. The first-order chi connectivity index (χ1) is 25.3. The Hall–Kier alpha value is -4.60. The van der Waals surface area contributed by atoms with Gasteiger partial charge in [0.1, 0.15) is 41.4 Å². The molecule has 12 nitrogen and oxygen atoms in total. The van der Waals surface area contributed by atoms with Gasteiger partial charge < -0.3 is 28.6 Å². The van der Waals surface area contributed by atoms with Crippen molar-refractivity contribution in [3.63, 3.8) is 0 Å². The smallest absolute Gasteiger partial charge is 0.471 e. The first kappa shape index (κ1) is 43.1. The Morgan fingerprint density at radius 3 is 2.00 bits per heavy atom. The van der Waals surface area contributed by atoms with Gasteiger partial charge in [-0.1, -0.05) is 30.3 Å². The highest BCUT2D eigenvalue weighted by atomic mass is 19.4. The molecular formula is C39H51F4N3O9. The predicted octanol–water partition coefficient (Wildman–Crippen LogP) is 7.58. The molecule has 2 aliphatic rings. The molecule has 3 amide bonds. The van der Waals surface area contributed by atoms with E-state index >= 15 is 4.39 Å². The number of fused-ring (bicyclic) bond motifs is 1. The van der Waals surface area contributed by atoms with Crippen LogP contribution in [0.15, 0.2) is 36.4 Å². The standard InChI is InChI=1S/C39H51F4N3O9/c1-36(2,3)53-30(47)20-45(33(48)39(41,42)43)32-29(52-23-24-13-11-10-12-14-24)18-28-27(31(32)40)17-26(46(28)35(50)55-38(7,8)9)19-44(16-15-25-21-51-22-25)34(49)54-37(4,5)6/h10-14,18,25-26H,15-17,19-23H2,1-9H3/t26-/m1/s1. The van der Waals surface area contributed by atoms with Gasteiger partial charge in [-0.25, -0.2) is 14.0 Å². The highest BCUT2D eigenvalue weighted by molar-refractivity contribution is 6.03. The average molecular weight is 782 g/mol. The van der Waals surface area contributed by atoms with Gasteiger partial charge in [-0.05, 0) is 74.3 Å². The minimum atomic E-state index is -5.55. The lowest BCUT2D eigenvalue weighted by Crippen LogP contribution is -2.50. The number of halogens is 4. The molecule has 0 saturated carbocycles. The fraction of sp³-hybridized carbons (Fsp3) is 0.590. The van der Waals surface area contributed by atoms with Crippen LogP contribution in [-0.4, -0.2) is 90.8 Å². The Morgan fingerprint density at radius 2 is 1.47 bits per heavy atom. The molecule has 0 N–H and O–H groups in total. The van der Waals surface area contributed by atoms with Crippen molar-refractivity contribution in [3.05, 3.63) is 53.3 Å². The lowest BCUT2D eigenvalue weighted by Gasteiger charge is -2.35. The first-order valence-electron chi connectivity index (χ1n) is 18.0. The summed E-state index contributed by atoms with van der Waals surface area (Å²) in [6.45, 7) is 13.8. The molecule has 2 aromatic rings. The number of carbonyl (C=O) groups is 4. The maximum absolute atomic E-state index is 17.2. The Morgan fingerprint density at radius 1 is 0.873 bits per heavy atom. The zero-order valence-corrected chi connectivity index (χ0v) is 32.8. The Kier molecular flexibility index (Phi) is 13.0. The number of rotatable bonds is 11. The van der Waals surface area contributed by atoms with Crippen LogP contribution in [-0.2, 0) is 41.6 Å². The van der Waals surface area contributed by atoms with Crippen LogP contribution in [0.4, 0.5) is 38.5 Å². The summed E-state index contributed by atoms with van der Waals surface area (Å²) in [6.07, 6.45) is -6.94. The van der Waals surface area contributed by atoms with Crippen molar-refractivity contribution in [1.82, 2.24) is 4.90 Å². The summed E-state index contributed by atoms with van der Waals surface area (Å²) in [5.74, 6) is -5.51. The number of amides is 3. The second-order valence-electron chi connectivity index (χ2n) is 16.6. The Balaban J connectivity index is 1.88. The monoisotopic (exact) mass is 781 g/mol. The van der Waals surface area contributed by atoms with Crippen molar-refractivity contribution in [3.8, 4) is 5.75 Å². The zero-order valence-electron chi connectivity index (χ0n) is 32.8. The summed E-state index contributed by atoms with van der Waals surface area (Å²) >= 11 is 0. The molecule has 0 aliphatic carbocycles. The highest BCUT2D eigenvalue weighted by Crippen LogP contribution is 2.46. The fourth-order valence-corrected chi connectivity index (χ4v) is 5.91. The Bertz CT molecular complexity index is 1710. The first-order valence-corrected chi connectivity index (χ1v) is 18.0. The van der Waals surface area contributed by atoms with Crippen LogP contribution >= 0.6 is 0 Å². The molecule has 0 radical (unpaired) electrons. The highest BCUT2D eigenvalue weighted by Gasteiger charge is 2.48. The zero-order chi connectivity index (χ0) is 41.1. The molecule has 2 aliphatic heterocycles. The van der Waals surface area contributed by atoms with Crippen molar-refractivity contribution < 1.29 is 60.4 Å².